The van der Waals surface area contributed by atoms with Gasteiger partial charge < -0.3 is 4.74 Å². The number of aryl methyl sites for hydroxylation is 1. The van der Waals surface area contributed by atoms with Gasteiger partial charge in [-0.3, -0.25) is 4.98 Å². The number of hydrogen-bond acceptors (Lipinski definition) is 3. The molecule has 0 aliphatic rings. The molecule has 90 valence electrons. The highest BCUT2D eigenvalue weighted by Gasteiger charge is 2.03. The highest BCUT2D eigenvalue weighted by Crippen LogP contribution is 2.26. The van der Waals surface area contributed by atoms with Crippen molar-refractivity contribution in [2.75, 3.05) is 0 Å². The van der Waals surface area contributed by atoms with Gasteiger partial charge >= 0.3 is 0 Å². The molecule has 0 bridgehead atoms. The van der Waals surface area contributed by atoms with Crippen LogP contribution in [0.2, 0.25) is 5.02 Å². The molecule has 18 heavy (non-hydrogen) atoms. The Hall–Kier alpha value is -2.05. The van der Waals surface area contributed by atoms with E-state index in [-0.39, 0.29) is 0 Å². The van der Waals surface area contributed by atoms with Crippen molar-refractivity contribution in [2.45, 2.75) is 13.5 Å². The summed E-state index contributed by atoms with van der Waals surface area (Å²) < 4.78 is 5.60. The predicted molar refractivity (Wildman–Crippen MR) is 69.5 cm³/mol. The number of nitriles is 1. The lowest BCUT2D eigenvalue weighted by Crippen LogP contribution is -1.97. The van der Waals surface area contributed by atoms with Crippen LogP contribution in [0.1, 0.15) is 16.7 Å². The molecule has 1 aromatic carbocycles. The van der Waals surface area contributed by atoms with Gasteiger partial charge in [-0.2, -0.15) is 5.26 Å². The Labute approximate surface area is 111 Å². The van der Waals surface area contributed by atoms with Gasteiger partial charge in [-0.05, 0) is 36.8 Å². The van der Waals surface area contributed by atoms with Crippen LogP contribution in [0, 0.1) is 18.3 Å². The maximum absolute atomic E-state index is 8.73. The van der Waals surface area contributed by atoms with Crippen molar-refractivity contribution < 1.29 is 4.74 Å². The summed E-state index contributed by atoms with van der Waals surface area (Å²) in [6.07, 6.45) is 3.54. The van der Waals surface area contributed by atoms with E-state index in [4.69, 9.17) is 21.6 Å². The summed E-state index contributed by atoms with van der Waals surface area (Å²) in [5.74, 6) is 0.567. The number of nitrogens with zero attached hydrogens (tertiary/aromatic N) is 2. The predicted octanol–water partition coefficient (Wildman–Crippen LogP) is 3.49. The Morgan fingerprint density at radius 1 is 1.33 bits per heavy atom. The van der Waals surface area contributed by atoms with Gasteiger partial charge in [0.15, 0.2) is 0 Å². The second kappa shape index (κ2) is 5.52. The van der Waals surface area contributed by atoms with Crippen molar-refractivity contribution in [2.24, 2.45) is 0 Å². The van der Waals surface area contributed by atoms with Crippen LogP contribution in [0.5, 0.6) is 5.75 Å². The second-order valence-electron chi connectivity index (χ2n) is 3.92. The van der Waals surface area contributed by atoms with Crippen molar-refractivity contribution in [1.29, 1.82) is 5.26 Å². The molecule has 2 aromatic rings. The monoisotopic (exact) mass is 258 g/mol. The molecule has 0 N–H and O–H groups in total. The SMILES string of the molecule is Cc1cncc(COc2ccc(C#N)cc2Cl)c1. The second-order valence-corrected chi connectivity index (χ2v) is 4.32. The van der Waals surface area contributed by atoms with E-state index in [9.17, 15) is 0 Å². The van der Waals surface area contributed by atoms with Gasteiger partial charge in [0.1, 0.15) is 12.4 Å². The molecule has 0 aliphatic heterocycles. The van der Waals surface area contributed by atoms with Crippen LogP contribution in [-0.4, -0.2) is 4.98 Å². The number of pyridine rings is 1. The van der Waals surface area contributed by atoms with E-state index < -0.39 is 0 Å². The molecule has 2 rings (SSSR count). The van der Waals surface area contributed by atoms with Crippen molar-refractivity contribution in [3.63, 3.8) is 0 Å². The van der Waals surface area contributed by atoms with Gasteiger partial charge in [-0.15, -0.1) is 0 Å². The van der Waals surface area contributed by atoms with Gasteiger partial charge in [0.05, 0.1) is 16.7 Å². The lowest BCUT2D eigenvalue weighted by Gasteiger charge is -2.08. The fraction of sp³-hybridized carbons (Fsp3) is 0.143. The number of benzene rings is 1. The number of aromatic nitrogens is 1. The van der Waals surface area contributed by atoms with Crippen LogP contribution >= 0.6 is 11.6 Å². The van der Waals surface area contributed by atoms with Crippen LogP contribution in [-0.2, 0) is 6.61 Å². The first-order valence-corrected chi connectivity index (χ1v) is 5.80. The van der Waals surface area contributed by atoms with E-state index in [0.29, 0.717) is 22.9 Å². The molecular formula is C14H11ClN2O. The topological polar surface area (TPSA) is 45.9 Å². The summed E-state index contributed by atoms with van der Waals surface area (Å²) in [4.78, 5) is 4.09. The molecule has 1 heterocycles. The minimum absolute atomic E-state index is 0.403. The van der Waals surface area contributed by atoms with Crippen LogP contribution in [0.3, 0.4) is 0 Å². The summed E-state index contributed by atoms with van der Waals surface area (Å²) in [5, 5.41) is 9.17. The Balaban J connectivity index is 2.09. The standard InChI is InChI=1S/C14H11ClN2O/c1-10-4-12(8-17-7-10)9-18-14-3-2-11(6-16)5-13(14)15/h2-5,7-8H,9H2,1H3. The first-order valence-electron chi connectivity index (χ1n) is 5.42. The summed E-state index contributed by atoms with van der Waals surface area (Å²) in [5.41, 5.74) is 2.59. The normalized spacial score (nSPS) is 9.83. The van der Waals surface area contributed by atoms with Crippen LogP contribution in [0.15, 0.2) is 36.7 Å². The number of ether oxygens (including phenoxy) is 1. The zero-order valence-corrected chi connectivity index (χ0v) is 10.6. The van der Waals surface area contributed by atoms with E-state index in [0.717, 1.165) is 11.1 Å². The molecule has 3 nitrogen and oxygen atoms in total. The van der Waals surface area contributed by atoms with Gasteiger partial charge in [0.2, 0.25) is 0 Å². The number of halogens is 1. The maximum atomic E-state index is 8.73. The van der Waals surface area contributed by atoms with Crippen LogP contribution < -0.4 is 4.74 Å². The van der Waals surface area contributed by atoms with Crippen molar-refractivity contribution in [3.8, 4) is 11.8 Å². The fourth-order valence-electron chi connectivity index (χ4n) is 1.55. The highest BCUT2D eigenvalue weighted by molar-refractivity contribution is 6.32. The van der Waals surface area contributed by atoms with Gasteiger partial charge in [-0.1, -0.05) is 11.6 Å². The molecule has 0 amide bonds. The molecule has 0 saturated heterocycles. The van der Waals surface area contributed by atoms with Gasteiger partial charge in [-0.25, -0.2) is 0 Å². The van der Waals surface area contributed by atoms with E-state index in [2.05, 4.69) is 4.98 Å². The van der Waals surface area contributed by atoms with E-state index in [1.54, 1.807) is 30.6 Å². The zero-order valence-electron chi connectivity index (χ0n) is 9.85. The van der Waals surface area contributed by atoms with Crippen molar-refractivity contribution >= 4 is 11.6 Å². The maximum Gasteiger partial charge on any atom is 0.138 e. The van der Waals surface area contributed by atoms with Crippen molar-refractivity contribution in [3.05, 3.63) is 58.4 Å². The minimum atomic E-state index is 0.403. The molecule has 0 saturated carbocycles. The smallest absolute Gasteiger partial charge is 0.138 e. The molecule has 4 heteroatoms. The van der Waals surface area contributed by atoms with E-state index >= 15 is 0 Å². The largest absolute Gasteiger partial charge is 0.487 e. The lowest BCUT2D eigenvalue weighted by molar-refractivity contribution is 0.306. The third-order valence-corrected chi connectivity index (χ3v) is 2.68. The Morgan fingerprint density at radius 2 is 2.17 bits per heavy atom. The van der Waals surface area contributed by atoms with Gasteiger partial charge in [0.25, 0.3) is 0 Å². The van der Waals surface area contributed by atoms with Crippen molar-refractivity contribution in [1.82, 2.24) is 4.98 Å². The summed E-state index contributed by atoms with van der Waals surface area (Å²) in [7, 11) is 0. The zero-order chi connectivity index (χ0) is 13.0. The molecule has 0 aliphatic carbocycles. The summed E-state index contributed by atoms with van der Waals surface area (Å²) >= 11 is 6.01. The Kier molecular flexibility index (Phi) is 3.81. The quantitative estimate of drug-likeness (QED) is 0.847. The number of rotatable bonds is 3. The molecule has 0 unspecified atom stereocenters. The first-order chi connectivity index (χ1) is 8.69. The summed E-state index contributed by atoms with van der Waals surface area (Å²) in [6, 6.07) is 8.99. The molecule has 1 aromatic heterocycles. The third-order valence-electron chi connectivity index (χ3n) is 2.39. The number of hydrogen-bond donors (Lipinski definition) is 0. The van der Waals surface area contributed by atoms with E-state index in [1.807, 2.05) is 19.1 Å². The molecule has 0 fully saturated rings. The summed E-state index contributed by atoms with van der Waals surface area (Å²) in [6.45, 7) is 2.38. The Bertz CT molecular complexity index is 605. The molecule has 0 atom stereocenters. The Morgan fingerprint density at radius 3 is 2.83 bits per heavy atom. The third kappa shape index (κ3) is 2.99. The van der Waals surface area contributed by atoms with Crippen LogP contribution in [0.4, 0.5) is 0 Å². The molecule has 0 radical (unpaired) electrons. The fourth-order valence-corrected chi connectivity index (χ4v) is 1.78. The van der Waals surface area contributed by atoms with Gasteiger partial charge in [0, 0.05) is 18.0 Å². The average Bonchev–Trinajstić information content (AvgIpc) is 2.37. The molecule has 0 spiro atoms. The lowest BCUT2D eigenvalue weighted by atomic mass is 10.2. The molecular weight excluding hydrogens is 248 g/mol. The van der Waals surface area contributed by atoms with E-state index in [1.165, 1.54) is 0 Å². The minimum Gasteiger partial charge on any atom is -0.487 e. The highest BCUT2D eigenvalue weighted by atomic mass is 35.5. The first kappa shape index (κ1) is 12.4. The van der Waals surface area contributed by atoms with Crippen LogP contribution in [0.25, 0.3) is 0 Å². The average molecular weight is 259 g/mol.